The van der Waals surface area contributed by atoms with Crippen molar-refractivity contribution < 1.29 is 37.1 Å². The lowest BCUT2D eigenvalue weighted by Crippen LogP contribution is -3.11. The number of nitrogens with zero attached hydrogens (tertiary/aromatic N) is 5. The highest BCUT2D eigenvalue weighted by Crippen LogP contribution is 2.25. The number of carbonyl (C=O) groups excluding carboxylic acids is 1. The van der Waals surface area contributed by atoms with E-state index in [1.54, 1.807) is 7.05 Å². The van der Waals surface area contributed by atoms with Crippen LogP contribution in [0.4, 0.5) is 5.95 Å². The summed E-state index contributed by atoms with van der Waals surface area (Å²) < 4.78 is 9.90. The van der Waals surface area contributed by atoms with Gasteiger partial charge in [0.1, 0.15) is 13.1 Å². The second-order valence-electron chi connectivity index (χ2n) is 10.4. The highest BCUT2D eigenvalue weighted by Gasteiger charge is 2.25. The van der Waals surface area contributed by atoms with Crippen LogP contribution >= 0.6 is 0 Å². The number of halogens is 1. The van der Waals surface area contributed by atoms with Crippen LogP contribution in [0, 0.1) is 0 Å². The topological polar surface area (TPSA) is 136 Å². The summed E-state index contributed by atoms with van der Waals surface area (Å²) in [5.74, 6) is -0.138. The number of rotatable bonds is 10. The van der Waals surface area contributed by atoms with E-state index in [4.69, 9.17) is 9.72 Å². The molecule has 0 spiro atoms. The van der Waals surface area contributed by atoms with Crippen LogP contribution in [0.1, 0.15) is 22.3 Å². The maximum Gasteiger partial charge on any atom is 0.332 e. The largest absolute Gasteiger partial charge is 1.00 e. The SMILES string of the molecule is Cn1c(=O)c2c(nc(N3CCOCC3)n2CCC[NH+](CC(=O)c2ccc(O)c(O)c2)Cc2ccccc2)n(C)c1=O.[Cl-]. The molecule has 2 aromatic heterocycles. The lowest BCUT2D eigenvalue weighted by molar-refractivity contribution is -0.905. The molecule has 1 aliphatic rings. The lowest BCUT2D eigenvalue weighted by Gasteiger charge is -2.28. The Hall–Kier alpha value is -4.13. The van der Waals surface area contributed by atoms with Crippen molar-refractivity contribution in [2.75, 3.05) is 44.3 Å². The normalized spacial score (nSPS) is 14.1. The number of Topliss-reactive ketones (excluding diaryl/α,β-unsaturated/α-hetero) is 1. The van der Waals surface area contributed by atoms with Crippen molar-refractivity contribution in [3.63, 3.8) is 0 Å². The van der Waals surface area contributed by atoms with E-state index in [0.29, 0.717) is 75.0 Å². The number of aryl methyl sites for hydroxylation is 2. The summed E-state index contributed by atoms with van der Waals surface area (Å²) in [4.78, 5) is 46.9. The molecule has 1 atom stereocenters. The van der Waals surface area contributed by atoms with E-state index >= 15 is 0 Å². The van der Waals surface area contributed by atoms with Gasteiger partial charge in [-0.1, -0.05) is 30.3 Å². The van der Waals surface area contributed by atoms with Crippen molar-refractivity contribution in [3.8, 4) is 11.5 Å². The van der Waals surface area contributed by atoms with E-state index in [2.05, 4.69) is 4.90 Å². The highest BCUT2D eigenvalue weighted by atomic mass is 35.5. The number of benzene rings is 2. The van der Waals surface area contributed by atoms with Crippen molar-refractivity contribution in [1.29, 1.82) is 0 Å². The standard InChI is InChI=1S/C29H34N6O6.ClH/c1-31-26-25(27(39)32(2)29(31)40)35(28(30-26)34-13-15-41-16-14-34)12-6-11-33(18-20-7-4-3-5-8-20)19-24(38)21-9-10-22(36)23(37)17-21;/h3-5,7-10,17,36-37H,6,11-16,18-19H2,1-2H3;1H. The van der Waals surface area contributed by atoms with E-state index in [9.17, 15) is 24.6 Å². The number of hydrogen-bond donors (Lipinski definition) is 3. The third kappa shape index (κ3) is 6.35. The molecule has 13 heteroatoms. The molecule has 0 saturated carbocycles. The monoisotopic (exact) mass is 598 g/mol. The van der Waals surface area contributed by atoms with Gasteiger partial charge in [0, 0.05) is 51.3 Å². The third-order valence-electron chi connectivity index (χ3n) is 7.54. The summed E-state index contributed by atoms with van der Waals surface area (Å²) in [6, 6.07) is 14.0. The lowest BCUT2D eigenvalue weighted by atomic mass is 10.1. The molecule has 3 heterocycles. The maximum absolute atomic E-state index is 13.3. The van der Waals surface area contributed by atoms with Crippen LogP contribution in [0.15, 0.2) is 58.1 Å². The summed E-state index contributed by atoms with van der Waals surface area (Å²) in [6.07, 6.45) is 0.630. The Balaban J connectivity index is 0.00000405. The van der Waals surface area contributed by atoms with E-state index in [0.717, 1.165) is 15.0 Å². The van der Waals surface area contributed by atoms with Crippen LogP contribution in [0.3, 0.4) is 0 Å². The van der Waals surface area contributed by atoms with Crippen molar-refractivity contribution >= 4 is 22.9 Å². The number of anilines is 1. The van der Waals surface area contributed by atoms with Crippen molar-refractivity contribution in [1.82, 2.24) is 18.7 Å². The molecule has 5 rings (SSSR count). The van der Waals surface area contributed by atoms with Crippen LogP contribution in [-0.4, -0.2) is 74.1 Å². The number of quaternary nitrogens is 1. The van der Waals surface area contributed by atoms with Gasteiger partial charge in [-0.3, -0.25) is 18.7 Å². The molecule has 0 radical (unpaired) electrons. The molecule has 1 fully saturated rings. The molecule has 0 amide bonds. The molecule has 224 valence electrons. The summed E-state index contributed by atoms with van der Waals surface area (Å²) in [6.45, 7) is 4.19. The predicted molar refractivity (Wildman–Crippen MR) is 153 cm³/mol. The molecule has 2 aromatic carbocycles. The van der Waals surface area contributed by atoms with Crippen LogP contribution in [0.2, 0.25) is 0 Å². The molecule has 12 nitrogen and oxygen atoms in total. The van der Waals surface area contributed by atoms with Crippen LogP contribution in [-0.2, 0) is 31.9 Å². The zero-order chi connectivity index (χ0) is 29.1. The van der Waals surface area contributed by atoms with Gasteiger partial charge >= 0.3 is 5.69 Å². The smallest absolute Gasteiger partial charge is 0.332 e. The van der Waals surface area contributed by atoms with Crippen LogP contribution in [0.5, 0.6) is 11.5 Å². The van der Waals surface area contributed by atoms with Crippen molar-refractivity contribution in [3.05, 3.63) is 80.5 Å². The Bertz CT molecular complexity index is 1680. The molecular formula is C29H35ClN6O6. The molecule has 42 heavy (non-hydrogen) atoms. The Morgan fingerprint density at radius 2 is 1.71 bits per heavy atom. The van der Waals surface area contributed by atoms with E-state index in [1.807, 2.05) is 34.9 Å². The summed E-state index contributed by atoms with van der Waals surface area (Å²) in [5, 5.41) is 19.5. The molecule has 1 saturated heterocycles. The summed E-state index contributed by atoms with van der Waals surface area (Å²) in [5.41, 5.74) is 1.29. The van der Waals surface area contributed by atoms with Gasteiger partial charge in [-0.15, -0.1) is 0 Å². The molecule has 3 N–H and O–H groups in total. The minimum Gasteiger partial charge on any atom is -1.00 e. The first-order valence-corrected chi connectivity index (χ1v) is 13.7. The molecular weight excluding hydrogens is 564 g/mol. The molecule has 0 aliphatic carbocycles. The van der Waals surface area contributed by atoms with Crippen LogP contribution in [0.25, 0.3) is 11.2 Å². The average Bonchev–Trinajstić information content (AvgIpc) is 3.37. The zero-order valence-electron chi connectivity index (χ0n) is 23.6. The Morgan fingerprint density at radius 1 is 1.00 bits per heavy atom. The molecule has 4 aromatic rings. The highest BCUT2D eigenvalue weighted by molar-refractivity contribution is 5.97. The number of ether oxygens (including phenoxy) is 1. The second-order valence-corrected chi connectivity index (χ2v) is 10.4. The first kappa shape index (κ1) is 30.8. The van der Waals surface area contributed by atoms with Gasteiger partial charge in [0.15, 0.2) is 22.7 Å². The Labute approximate surface area is 248 Å². The number of carbonyl (C=O) groups is 1. The molecule has 1 unspecified atom stereocenters. The first-order chi connectivity index (χ1) is 19.7. The number of aromatic nitrogens is 4. The van der Waals surface area contributed by atoms with Gasteiger partial charge in [-0.05, 0) is 18.2 Å². The number of phenolic OH excluding ortho intramolecular Hbond substituents is 2. The van der Waals surface area contributed by atoms with Gasteiger partial charge < -0.3 is 41.7 Å². The fraction of sp³-hybridized carbons (Fsp3) is 0.379. The molecule has 1 aliphatic heterocycles. The minimum atomic E-state index is -0.432. The zero-order valence-corrected chi connectivity index (χ0v) is 24.4. The predicted octanol–water partition coefficient (Wildman–Crippen LogP) is -2.96. The van der Waals surface area contributed by atoms with Gasteiger partial charge in [0.25, 0.3) is 5.56 Å². The summed E-state index contributed by atoms with van der Waals surface area (Å²) >= 11 is 0. The number of morpholine rings is 1. The van der Waals surface area contributed by atoms with Crippen LogP contribution < -0.4 is 33.5 Å². The third-order valence-corrected chi connectivity index (χ3v) is 7.54. The van der Waals surface area contributed by atoms with E-state index < -0.39 is 11.2 Å². The van der Waals surface area contributed by atoms with Gasteiger partial charge in [-0.25, -0.2) is 4.79 Å². The Kier molecular flexibility index (Phi) is 9.71. The maximum atomic E-state index is 13.3. The van der Waals surface area contributed by atoms with E-state index in [-0.39, 0.29) is 36.2 Å². The van der Waals surface area contributed by atoms with Gasteiger partial charge in [-0.2, -0.15) is 4.98 Å². The van der Waals surface area contributed by atoms with E-state index in [1.165, 1.54) is 29.8 Å². The number of nitrogens with one attached hydrogen (secondary N) is 1. The Morgan fingerprint density at radius 3 is 2.40 bits per heavy atom. The fourth-order valence-electron chi connectivity index (χ4n) is 5.29. The second kappa shape index (κ2) is 13.2. The van der Waals surface area contributed by atoms with Gasteiger partial charge in [0.05, 0.1) is 19.8 Å². The number of fused-ring (bicyclic) bond motifs is 1. The number of phenols is 2. The number of ketones is 1. The fourth-order valence-corrected chi connectivity index (χ4v) is 5.29. The summed E-state index contributed by atoms with van der Waals surface area (Å²) in [7, 11) is 3.08. The van der Waals surface area contributed by atoms with Crippen molar-refractivity contribution in [2.45, 2.75) is 19.5 Å². The molecule has 0 bridgehead atoms. The number of aromatic hydroxyl groups is 2. The quantitative estimate of drug-likeness (QED) is 0.130. The first-order valence-electron chi connectivity index (χ1n) is 13.7. The van der Waals surface area contributed by atoms with Crippen molar-refractivity contribution in [2.24, 2.45) is 14.1 Å². The minimum absolute atomic E-state index is 0. The number of hydrogen-bond acceptors (Lipinski definition) is 8. The number of imidazole rings is 1. The van der Waals surface area contributed by atoms with Gasteiger partial charge in [0.2, 0.25) is 11.7 Å². The average molecular weight is 599 g/mol.